The fourth-order valence-corrected chi connectivity index (χ4v) is 3.95. The van der Waals surface area contributed by atoms with Gasteiger partial charge in [0.25, 0.3) is 0 Å². The minimum absolute atomic E-state index is 0.0241. The number of carbonyl (C=O) groups is 1. The van der Waals surface area contributed by atoms with Crippen molar-refractivity contribution in [2.24, 2.45) is 0 Å². The highest BCUT2D eigenvalue weighted by Gasteiger charge is 2.12. The molecule has 3 rings (SSSR count). The van der Waals surface area contributed by atoms with E-state index in [0.717, 1.165) is 15.1 Å². The van der Waals surface area contributed by atoms with Crippen molar-refractivity contribution in [1.82, 2.24) is 4.98 Å². The number of thioether (sulfide) groups is 1. The third-order valence-corrected chi connectivity index (χ3v) is 5.38. The van der Waals surface area contributed by atoms with E-state index in [0.29, 0.717) is 16.8 Å². The van der Waals surface area contributed by atoms with Gasteiger partial charge in [-0.1, -0.05) is 55.5 Å². The first-order valence-electron chi connectivity index (χ1n) is 7.50. The molecule has 1 heterocycles. The number of rotatable bonds is 5. The number of anilines is 1. The maximum atomic E-state index is 12.1. The van der Waals surface area contributed by atoms with Gasteiger partial charge in [0.05, 0.1) is 16.0 Å². The first kappa shape index (κ1) is 16.0. The summed E-state index contributed by atoms with van der Waals surface area (Å²) in [5.74, 6) is 0.777. The van der Waals surface area contributed by atoms with E-state index in [4.69, 9.17) is 0 Å². The molecule has 0 bridgehead atoms. The summed E-state index contributed by atoms with van der Waals surface area (Å²) in [6.07, 6.45) is 0. The number of nitrogens with one attached hydrogen (secondary N) is 1. The largest absolute Gasteiger partial charge is 0.301 e. The van der Waals surface area contributed by atoms with Crippen molar-refractivity contribution in [1.29, 1.82) is 0 Å². The predicted molar refractivity (Wildman–Crippen MR) is 99.5 cm³/mol. The van der Waals surface area contributed by atoms with Gasteiger partial charge in [0.2, 0.25) is 5.91 Å². The van der Waals surface area contributed by atoms with E-state index < -0.39 is 0 Å². The molecule has 1 aromatic heterocycles. The number of aromatic nitrogens is 1. The van der Waals surface area contributed by atoms with Gasteiger partial charge in [-0.05, 0) is 29.7 Å². The minimum Gasteiger partial charge on any atom is -0.301 e. The van der Waals surface area contributed by atoms with Crippen molar-refractivity contribution in [2.75, 3.05) is 11.1 Å². The molecule has 0 aliphatic carbocycles. The van der Waals surface area contributed by atoms with Gasteiger partial charge in [-0.3, -0.25) is 4.79 Å². The summed E-state index contributed by atoms with van der Waals surface area (Å²) < 4.78 is 1.11. The van der Waals surface area contributed by atoms with Crippen LogP contribution in [-0.2, 0) is 4.79 Å². The van der Waals surface area contributed by atoms with Crippen LogP contribution in [0.3, 0.4) is 0 Å². The zero-order chi connectivity index (χ0) is 16.2. The van der Waals surface area contributed by atoms with Crippen LogP contribution < -0.4 is 5.32 Å². The highest BCUT2D eigenvalue weighted by molar-refractivity contribution is 8.00. The van der Waals surface area contributed by atoms with Crippen LogP contribution in [0.15, 0.2) is 53.4 Å². The molecule has 0 spiro atoms. The molecule has 5 heteroatoms. The molecule has 118 valence electrons. The van der Waals surface area contributed by atoms with Crippen LogP contribution in [0.4, 0.5) is 5.13 Å². The summed E-state index contributed by atoms with van der Waals surface area (Å²) in [4.78, 5) is 17.8. The molecule has 0 saturated carbocycles. The van der Waals surface area contributed by atoms with E-state index in [2.05, 4.69) is 30.2 Å². The molecule has 3 nitrogen and oxygen atoms in total. The van der Waals surface area contributed by atoms with Gasteiger partial charge in [-0.25, -0.2) is 4.98 Å². The monoisotopic (exact) mass is 342 g/mol. The smallest absolute Gasteiger partial charge is 0.236 e. The van der Waals surface area contributed by atoms with Crippen LogP contribution in [0, 0.1) is 0 Å². The zero-order valence-electron chi connectivity index (χ0n) is 13.1. The lowest BCUT2D eigenvalue weighted by Gasteiger charge is -2.04. The fraction of sp³-hybridized carbons (Fsp3) is 0.222. The van der Waals surface area contributed by atoms with Crippen molar-refractivity contribution < 1.29 is 4.79 Å². The Bertz CT molecular complexity index is 812. The Labute approximate surface area is 144 Å². The summed E-state index contributed by atoms with van der Waals surface area (Å²) >= 11 is 3.05. The maximum Gasteiger partial charge on any atom is 0.236 e. The van der Waals surface area contributed by atoms with Gasteiger partial charge in [0, 0.05) is 4.90 Å². The van der Waals surface area contributed by atoms with Crippen molar-refractivity contribution >= 4 is 44.4 Å². The van der Waals surface area contributed by atoms with E-state index in [1.54, 1.807) is 0 Å². The number of hydrogen-bond acceptors (Lipinski definition) is 4. The van der Waals surface area contributed by atoms with Gasteiger partial charge in [-0.15, -0.1) is 11.8 Å². The van der Waals surface area contributed by atoms with Gasteiger partial charge in [-0.2, -0.15) is 0 Å². The lowest BCUT2D eigenvalue weighted by atomic mass is 10.0. The lowest BCUT2D eigenvalue weighted by Crippen LogP contribution is -2.13. The molecule has 23 heavy (non-hydrogen) atoms. The van der Waals surface area contributed by atoms with Crippen LogP contribution in [0.1, 0.15) is 25.3 Å². The van der Waals surface area contributed by atoms with Crippen LogP contribution in [0.5, 0.6) is 0 Å². The molecule has 3 aromatic rings. The quantitative estimate of drug-likeness (QED) is 0.652. The average molecular weight is 342 g/mol. The van der Waals surface area contributed by atoms with Gasteiger partial charge < -0.3 is 5.32 Å². The first-order valence-corrected chi connectivity index (χ1v) is 9.31. The number of hydrogen-bond donors (Lipinski definition) is 1. The average Bonchev–Trinajstić information content (AvgIpc) is 2.95. The van der Waals surface area contributed by atoms with E-state index in [-0.39, 0.29) is 5.91 Å². The second-order valence-corrected chi connectivity index (χ2v) is 7.60. The second kappa shape index (κ2) is 7.15. The summed E-state index contributed by atoms with van der Waals surface area (Å²) in [5.41, 5.74) is 2.22. The standard InChI is InChI=1S/C18H18N2OS2/c1-12(2)14-9-6-10-15-17(14)20-18(23-15)19-16(21)11-22-13-7-4-3-5-8-13/h3-10,12H,11H2,1-2H3,(H,19,20,21). The van der Waals surface area contributed by atoms with Crippen LogP contribution in [-0.4, -0.2) is 16.6 Å². The summed E-state index contributed by atoms with van der Waals surface area (Å²) in [6.45, 7) is 4.31. The zero-order valence-corrected chi connectivity index (χ0v) is 14.7. The lowest BCUT2D eigenvalue weighted by molar-refractivity contribution is -0.113. The van der Waals surface area contributed by atoms with Gasteiger partial charge in [0.1, 0.15) is 0 Å². The summed E-state index contributed by atoms with van der Waals surface area (Å²) in [5, 5.41) is 3.59. The van der Waals surface area contributed by atoms with Gasteiger partial charge in [0.15, 0.2) is 5.13 Å². The Morgan fingerprint density at radius 2 is 1.96 bits per heavy atom. The van der Waals surface area contributed by atoms with Crippen LogP contribution in [0.25, 0.3) is 10.2 Å². The van der Waals surface area contributed by atoms with Crippen molar-refractivity contribution in [3.05, 3.63) is 54.1 Å². The topological polar surface area (TPSA) is 42.0 Å². The summed E-state index contributed by atoms with van der Waals surface area (Å²) in [6, 6.07) is 16.1. The maximum absolute atomic E-state index is 12.1. The Morgan fingerprint density at radius 3 is 2.70 bits per heavy atom. The van der Waals surface area contributed by atoms with Crippen molar-refractivity contribution in [3.63, 3.8) is 0 Å². The Kier molecular flexibility index (Phi) is 4.98. The van der Waals surface area contributed by atoms with Crippen LogP contribution >= 0.6 is 23.1 Å². The molecular formula is C18H18N2OS2. The predicted octanol–water partition coefficient (Wildman–Crippen LogP) is 5.15. The Morgan fingerprint density at radius 1 is 1.17 bits per heavy atom. The molecule has 1 N–H and O–H groups in total. The van der Waals surface area contributed by atoms with Crippen molar-refractivity contribution in [2.45, 2.75) is 24.7 Å². The normalized spacial score (nSPS) is 11.1. The molecule has 1 amide bonds. The molecular weight excluding hydrogens is 324 g/mol. The number of benzene rings is 2. The molecule has 0 fully saturated rings. The Hall–Kier alpha value is -1.85. The molecule has 0 atom stereocenters. The summed E-state index contributed by atoms with van der Waals surface area (Å²) in [7, 11) is 0. The molecule has 0 saturated heterocycles. The fourth-order valence-electron chi connectivity index (χ4n) is 2.31. The Balaban J connectivity index is 1.69. The minimum atomic E-state index is -0.0241. The highest BCUT2D eigenvalue weighted by Crippen LogP contribution is 2.31. The third-order valence-electron chi connectivity index (χ3n) is 3.43. The molecule has 0 radical (unpaired) electrons. The van der Waals surface area contributed by atoms with E-state index in [9.17, 15) is 4.79 Å². The highest BCUT2D eigenvalue weighted by atomic mass is 32.2. The third kappa shape index (κ3) is 3.92. The number of carbonyl (C=O) groups excluding carboxylic acids is 1. The first-order chi connectivity index (χ1) is 11.1. The number of thiazole rings is 1. The number of amides is 1. The number of fused-ring (bicyclic) bond motifs is 1. The van der Waals surface area contributed by atoms with Crippen LogP contribution in [0.2, 0.25) is 0 Å². The van der Waals surface area contributed by atoms with E-state index in [1.807, 2.05) is 42.5 Å². The number of para-hydroxylation sites is 1. The SMILES string of the molecule is CC(C)c1cccc2sc(NC(=O)CSc3ccccc3)nc12. The van der Waals surface area contributed by atoms with E-state index in [1.165, 1.54) is 28.7 Å². The number of nitrogens with zero attached hydrogens (tertiary/aromatic N) is 1. The van der Waals surface area contributed by atoms with Crippen molar-refractivity contribution in [3.8, 4) is 0 Å². The molecule has 0 unspecified atom stereocenters. The van der Waals surface area contributed by atoms with Gasteiger partial charge >= 0.3 is 0 Å². The van der Waals surface area contributed by atoms with E-state index >= 15 is 0 Å². The second-order valence-electron chi connectivity index (χ2n) is 5.52. The molecule has 0 aliphatic rings. The molecule has 0 aliphatic heterocycles. The molecule has 2 aromatic carbocycles.